The average Bonchev–Trinajstić information content (AvgIpc) is 3.19. The van der Waals surface area contributed by atoms with Crippen molar-refractivity contribution >= 4 is 11.8 Å². The monoisotopic (exact) mass is 756 g/mol. The summed E-state index contributed by atoms with van der Waals surface area (Å²) in [7, 11) is 0. The van der Waals surface area contributed by atoms with Crippen LogP contribution < -0.4 is 0 Å². The molecule has 55 heavy (non-hydrogen) atoms. The number of azo groups is 2. The third-order valence-corrected chi connectivity index (χ3v) is 12.0. The number of aryl methyl sites for hydroxylation is 4. The minimum absolute atomic E-state index is 0.876. The first-order valence-corrected chi connectivity index (χ1v) is 24.4. The first kappa shape index (κ1) is 48.9. The van der Waals surface area contributed by atoms with Gasteiger partial charge in [-0.3, -0.25) is 0 Å². The lowest BCUT2D eigenvalue weighted by atomic mass is 9.88. The van der Waals surface area contributed by atoms with E-state index >= 15 is 0 Å². The number of rotatable bonds is 34. The molecule has 2 aromatic rings. The molecule has 2 heteroatoms. The number of unbranched alkanes of at least 4 members (excludes halogenated alkanes) is 18. The maximum Gasteiger partial charge on any atom is 0.206 e. The van der Waals surface area contributed by atoms with E-state index in [2.05, 4.69) is 90.4 Å². The van der Waals surface area contributed by atoms with Crippen molar-refractivity contribution in [1.29, 1.82) is 0 Å². The second kappa shape index (κ2) is 31.8. The van der Waals surface area contributed by atoms with Crippen LogP contribution in [0.3, 0.4) is 0 Å². The average molecular weight is 756 g/mol. The van der Waals surface area contributed by atoms with E-state index in [9.17, 15) is 0 Å². The maximum absolute atomic E-state index is 5.44. The molecule has 2 rings (SSSR count). The molecule has 0 aliphatic rings. The third-order valence-electron chi connectivity index (χ3n) is 12.0. The van der Waals surface area contributed by atoms with E-state index in [1.165, 1.54) is 204 Å². The molecule has 0 spiro atoms. The molecule has 0 heterocycles. The first-order valence-electron chi connectivity index (χ1n) is 24.4. The van der Waals surface area contributed by atoms with Crippen LogP contribution in [0.4, 0.5) is 5.69 Å². The Morgan fingerprint density at radius 2 is 0.745 bits per heavy atom. The van der Waals surface area contributed by atoms with E-state index in [1.54, 1.807) is 33.4 Å². The quantitative estimate of drug-likeness (QED) is 0.0384. The van der Waals surface area contributed by atoms with Crippen LogP contribution >= 0.6 is 0 Å². The molecule has 0 aromatic heterocycles. The summed E-state index contributed by atoms with van der Waals surface area (Å²) >= 11 is 0. The summed E-state index contributed by atoms with van der Waals surface area (Å²) in [5.74, 6) is 0. The van der Waals surface area contributed by atoms with Crippen molar-refractivity contribution in [3.8, 4) is 0 Å². The van der Waals surface area contributed by atoms with Crippen LogP contribution in [0, 0.1) is 0 Å². The SMILES string of the molecule is CCCCCCCCc1cc(N=[N+](CC)C(C)=Cc2cc(CCCC)c(CCCCCCCC)c(CCCCCC)c2)cc(CCCC)c1CCCCCC. The Morgan fingerprint density at radius 3 is 1.15 bits per heavy atom. The van der Waals surface area contributed by atoms with Crippen LogP contribution in [0.15, 0.2) is 35.1 Å². The maximum atomic E-state index is 5.44. The van der Waals surface area contributed by atoms with Crippen molar-refractivity contribution < 1.29 is 4.70 Å². The summed E-state index contributed by atoms with van der Waals surface area (Å²) in [4.78, 5) is 0. The molecule has 0 unspecified atom stereocenters. The lowest BCUT2D eigenvalue weighted by Gasteiger charge is -2.17. The number of hydrogen-bond donors (Lipinski definition) is 0. The van der Waals surface area contributed by atoms with Gasteiger partial charge in [-0.05, 0) is 140 Å². The van der Waals surface area contributed by atoms with Crippen LogP contribution in [0.5, 0.6) is 0 Å². The second-order valence-electron chi connectivity index (χ2n) is 17.0. The Labute approximate surface area is 343 Å². The Bertz CT molecular complexity index is 1330. The van der Waals surface area contributed by atoms with Gasteiger partial charge in [0.1, 0.15) is 5.69 Å². The summed E-state index contributed by atoms with van der Waals surface area (Å²) < 4.78 is 2.28. The summed E-state index contributed by atoms with van der Waals surface area (Å²) in [6.45, 7) is 19.4. The van der Waals surface area contributed by atoms with Gasteiger partial charge in [0, 0.05) is 13.0 Å². The van der Waals surface area contributed by atoms with E-state index in [1.807, 2.05) is 0 Å². The largest absolute Gasteiger partial charge is 0.206 e. The molecular weight excluding hydrogens is 665 g/mol. The molecule has 0 bridgehead atoms. The van der Waals surface area contributed by atoms with Crippen LogP contribution in [0.1, 0.15) is 248 Å². The lowest BCUT2D eigenvalue weighted by molar-refractivity contribution is -0.537. The van der Waals surface area contributed by atoms with Gasteiger partial charge < -0.3 is 0 Å². The molecule has 0 atom stereocenters. The van der Waals surface area contributed by atoms with Gasteiger partial charge in [0.2, 0.25) is 5.70 Å². The molecule has 0 saturated heterocycles. The van der Waals surface area contributed by atoms with Gasteiger partial charge >= 0.3 is 0 Å². The summed E-state index contributed by atoms with van der Waals surface area (Å²) in [5, 5.41) is 5.44. The van der Waals surface area contributed by atoms with Gasteiger partial charge in [-0.2, -0.15) is 0 Å². The van der Waals surface area contributed by atoms with Crippen molar-refractivity contribution in [3.05, 3.63) is 68.9 Å². The van der Waals surface area contributed by atoms with Crippen molar-refractivity contribution in [2.45, 2.75) is 248 Å². The van der Waals surface area contributed by atoms with E-state index in [0.717, 1.165) is 12.2 Å². The molecular formula is C53H91N2+. The highest BCUT2D eigenvalue weighted by atomic mass is 15.3. The highest BCUT2D eigenvalue weighted by molar-refractivity contribution is 5.56. The molecule has 2 aromatic carbocycles. The standard InChI is InChI=1S/C53H91N2/c1-9-16-22-26-28-31-37-50-44-51(43-49(35-21-14-6)53(50)38-32-25-19-12-4)54-55(15-7)45(8)40-46-41-47(34-20-13-5)52(39-33-29-27-23-17-10-2)48(42-46)36-30-24-18-11-3/h40-44H,9-39H2,1-8H3/q+1. The highest BCUT2D eigenvalue weighted by Gasteiger charge is 2.17. The number of hydrogen-bond acceptors (Lipinski definition) is 1. The van der Waals surface area contributed by atoms with Crippen molar-refractivity contribution in [1.82, 2.24) is 0 Å². The van der Waals surface area contributed by atoms with E-state index in [-0.39, 0.29) is 0 Å². The Morgan fingerprint density at radius 1 is 0.418 bits per heavy atom. The van der Waals surface area contributed by atoms with E-state index < -0.39 is 0 Å². The van der Waals surface area contributed by atoms with Crippen LogP contribution in [0.25, 0.3) is 6.08 Å². The zero-order chi connectivity index (χ0) is 39.9. The first-order chi connectivity index (χ1) is 27.0. The smallest absolute Gasteiger partial charge is 0.0885 e. The second-order valence-corrected chi connectivity index (χ2v) is 17.0. The van der Waals surface area contributed by atoms with Crippen molar-refractivity contribution in [2.24, 2.45) is 5.11 Å². The Balaban J connectivity index is 2.54. The fourth-order valence-corrected chi connectivity index (χ4v) is 8.52. The Kier molecular flexibility index (Phi) is 28.3. The van der Waals surface area contributed by atoms with Gasteiger partial charge in [-0.15, -0.1) is 0 Å². The summed E-state index contributed by atoms with van der Waals surface area (Å²) in [6, 6.07) is 10.1. The molecule has 0 radical (unpaired) electrons. The number of benzene rings is 2. The van der Waals surface area contributed by atoms with E-state index in [4.69, 9.17) is 5.11 Å². The summed E-state index contributed by atoms with van der Waals surface area (Å²) in [5.41, 5.74) is 13.6. The van der Waals surface area contributed by atoms with Gasteiger partial charge in [-0.1, -0.05) is 174 Å². The normalized spacial score (nSPS) is 12.3. The number of allylic oxidation sites excluding steroid dienone is 1. The fraction of sp³-hybridized carbons (Fsp3) is 0.736. The predicted octanol–water partition coefficient (Wildman–Crippen LogP) is 17.6. The molecule has 2 nitrogen and oxygen atoms in total. The van der Waals surface area contributed by atoms with Gasteiger partial charge in [-0.25, -0.2) is 0 Å². The fourth-order valence-electron chi connectivity index (χ4n) is 8.52. The van der Waals surface area contributed by atoms with Crippen molar-refractivity contribution in [3.63, 3.8) is 0 Å². The van der Waals surface area contributed by atoms with Crippen LogP contribution in [-0.2, 0) is 38.5 Å². The van der Waals surface area contributed by atoms with E-state index in [0.29, 0.717) is 0 Å². The zero-order valence-electron chi connectivity index (χ0n) is 38.2. The van der Waals surface area contributed by atoms with Crippen molar-refractivity contribution in [2.75, 3.05) is 6.54 Å². The molecule has 0 amide bonds. The minimum atomic E-state index is 0.876. The molecule has 0 saturated carbocycles. The lowest BCUT2D eigenvalue weighted by Crippen LogP contribution is -2.07. The third kappa shape index (κ3) is 20.2. The zero-order valence-corrected chi connectivity index (χ0v) is 38.2. The Hall–Kier alpha value is -2.22. The van der Waals surface area contributed by atoms with Crippen LogP contribution in [-0.4, -0.2) is 11.2 Å². The molecule has 0 aliphatic carbocycles. The molecule has 0 N–H and O–H groups in total. The highest BCUT2D eigenvalue weighted by Crippen LogP contribution is 2.30. The molecule has 0 aliphatic heterocycles. The minimum Gasteiger partial charge on any atom is -0.0885 e. The van der Waals surface area contributed by atoms with Gasteiger partial charge in [0.15, 0.2) is 6.54 Å². The van der Waals surface area contributed by atoms with Gasteiger partial charge in [0.25, 0.3) is 0 Å². The van der Waals surface area contributed by atoms with Gasteiger partial charge in [0.05, 0.1) is 0 Å². The molecule has 312 valence electrons. The van der Waals surface area contributed by atoms with Crippen LogP contribution in [0.2, 0.25) is 0 Å². The summed E-state index contributed by atoms with van der Waals surface area (Å²) in [6.07, 6.45) is 41.7. The molecule has 0 fully saturated rings. The predicted molar refractivity (Wildman–Crippen MR) is 247 cm³/mol. The number of nitrogens with zero attached hydrogens (tertiary/aromatic N) is 2. The topological polar surface area (TPSA) is 15.4 Å².